The highest BCUT2D eigenvalue weighted by Crippen LogP contribution is 2.24. The highest BCUT2D eigenvalue weighted by atomic mass is 16.2. The summed E-state index contributed by atoms with van der Waals surface area (Å²) < 4.78 is 1.64. The molecule has 6 heteroatoms. The Bertz CT molecular complexity index is 675. The Morgan fingerprint density at radius 1 is 1.22 bits per heavy atom. The Balaban J connectivity index is 1.62. The van der Waals surface area contributed by atoms with E-state index in [0.29, 0.717) is 18.3 Å². The molecule has 1 fully saturated rings. The van der Waals surface area contributed by atoms with Crippen LogP contribution >= 0.6 is 0 Å². The maximum atomic E-state index is 12.4. The molecule has 1 aliphatic carbocycles. The number of rotatable bonds is 6. The van der Waals surface area contributed by atoms with Crippen LogP contribution in [0, 0.1) is 6.92 Å². The normalized spacial score (nSPS) is 14.3. The lowest BCUT2D eigenvalue weighted by molar-refractivity contribution is 0.0775. The van der Waals surface area contributed by atoms with E-state index < -0.39 is 0 Å². The summed E-state index contributed by atoms with van der Waals surface area (Å²) in [5, 5.41) is 8.08. The number of aryl methyl sites for hydroxylation is 1. The van der Waals surface area contributed by atoms with E-state index >= 15 is 0 Å². The number of carbonyl (C=O) groups excluding carboxylic acids is 1. The van der Waals surface area contributed by atoms with Gasteiger partial charge < -0.3 is 9.80 Å². The summed E-state index contributed by atoms with van der Waals surface area (Å²) in [7, 11) is 3.93. The second-order valence-corrected chi connectivity index (χ2v) is 6.32. The molecule has 1 aliphatic rings. The summed E-state index contributed by atoms with van der Waals surface area (Å²) in [5.74, 6) is -0.0902. The molecule has 0 bridgehead atoms. The maximum absolute atomic E-state index is 12.4. The molecular formula is C17H23N5O. The van der Waals surface area contributed by atoms with Crippen LogP contribution in [0.4, 0.5) is 0 Å². The van der Waals surface area contributed by atoms with Crippen LogP contribution in [-0.2, 0) is 0 Å². The molecule has 23 heavy (non-hydrogen) atoms. The topological polar surface area (TPSA) is 54.3 Å². The monoisotopic (exact) mass is 313 g/mol. The van der Waals surface area contributed by atoms with Crippen molar-refractivity contribution in [3.63, 3.8) is 0 Å². The molecule has 122 valence electrons. The summed E-state index contributed by atoms with van der Waals surface area (Å²) in [6.07, 6.45) is 4.24. The molecule has 0 radical (unpaired) electrons. The number of carbonyl (C=O) groups is 1. The Labute approximate surface area is 136 Å². The second-order valence-electron chi connectivity index (χ2n) is 6.32. The zero-order chi connectivity index (χ0) is 16.4. The van der Waals surface area contributed by atoms with Crippen LogP contribution in [0.15, 0.2) is 30.5 Å². The maximum Gasteiger partial charge on any atom is 0.275 e. The van der Waals surface area contributed by atoms with Crippen molar-refractivity contribution >= 4 is 5.91 Å². The first-order valence-corrected chi connectivity index (χ1v) is 7.99. The van der Waals surface area contributed by atoms with Gasteiger partial charge in [-0.2, -0.15) is 0 Å². The molecule has 1 saturated carbocycles. The van der Waals surface area contributed by atoms with E-state index in [1.54, 1.807) is 15.8 Å². The smallest absolute Gasteiger partial charge is 0.275 e. The zero-order valence-corrected chi connectivity index (χ0v) is 13.9. The van der Waals surface area contributed by atoms with E-state index in [4.69, 9.17) is 0 Å². The van der Waals surface area contributed by atoms with Crippen LogP contribution in [0.5, 0.6) is 0 Å². The lowest BCUT2D eigenvalue weighted by Gasteiger charge is -2.21. The van der Waals surface area contributed by atoms with Gasteiger partial charge in [-0.05, 0) is 38.9 Å². The fourth-order valence-corrected chi connectivity index (χ4v) is 2.49. The number of hydrogen-bond donors (Lipinski definition) is 0. The van der Waals surface area contributed by atoms with E-state index in [9.17, 15) is 4.79 Å². The first-order chi connectivity index (χ1) is 11.0. The predicted octanol–water partition coefficient (Wildman–Crippen LogP) is 1.74. The Kier molecular flexibility index (Phi) is 4.43. The fraction of sp³-hybridized carbons (Fsp3) is 0.471. The average molecular weight is 313 g/mol. The van der Waals surface area contributed by atoms with Crippen LogP contribution in [0.1, 0.15) is 28.9 Å². The lowest BCUT2D eigenvalue weighted by Crippen LogP contribution is -2.35. The molecule has 0 unspecified atom stereocenters. The fourth-order valence-electron chi connectivity index (χ4n) is 2.49. The quantitative estimate of drug-likeness (QED) is 0.815. The molecule has 6 nitrogen and oxygen atoms in total. The number of benzene rings is 1. The van der Waals surface area contributed by atoms with Crippen molar-refractivity contribution in [1.29, 1.82) is 0 Å². The number of hydrogen-bond acceptors (Lipinski definition) is 4. The van der Waals surface area contributed by atoms with Crippen LogP contribution in [0.2, 0.25) is 0 Å². The van der Waals surface area contributed by atoms with Crippen LogP contribution in [-0.4, -0.2) is 63.9 Å². The van der Waals surface area contributed by atoms with Crippen molar-refractivity contribution in [2.24, 2.45) is 0 Å². The van der Waals surface area contributed by atoms with Crippen LogP contribution in [0.25, 0.3) is 5.69 Å². The van der Waals surface area contributed by atoms with E-state index in [-0.39, 0.29) is 5.91 Å². The van der Waals surface area contributed by atoms with Gasteiger partial charge in [-0.3, -0.25) is 4.79 Å². The van der Waals surface area contributed by atoms with Gasteiger partial charge in [0.2, 0.25) is 0 Å². The van der Waals surface area contributed by atoms with Gasteiger partial charge in [0.15, 0.2) is 5.69 Å². The van der Waals surface area contributed by atoms with Gasteiger partial charge in [-0.15, -0.1) is 5.10 Å². The number of amides is 1. The first kappa shape index (κ1) is 15.7. The SMILES string of the molecule is Cc1ccc(-n2cc(C(=O)N(C)CCN(C)C3CC3)nn2)cc1. The standard InChI is InChI=1S/C17H23N5O/c1-13-4-6-15(7-5-13)22-12-16(18-19-22)17(23)21(3)11-10-20(2)14-8-9-14/h4-7,12,14H,8-11H2,1-3H3. The summed E-state index contributed by atoms with van der Waals surface area (Å²) in [4.78, 5) is 16.5. The predicted molar refractivity (Wildman–Crippen MR) is 88.7 cm³/mol. The van der Waals surface area contributed by atoms with E-state index in [1.165, 1.54) is 18.4 Å². The average Bonchev–Trinajstić information content (AvgIpc) is 3.30. The zero-order valence-electron chi connectivity index (χ0n) is 13.9. The van der Waals surface area contributed by atoms with Crippen molar-refractivity contribution in [3.8, 4) is 5.69 Å². The van der Waals surface area contributed by atoms with Gasteiger partial charge in [0, 0.05) is 26.2 Å². The Hall–Kier alpha value is -2.21. The highest BCUT2D eigenvalue weighted by molar-refractivity contribution is 5.91. The first-order valence-electron chi connectivity index (χ1n) is 7.99. The molecule has 0 atom stereocenters. The number of likely N-dealkylation sites (N-methyl/N-ethyl adjacent to an activating group) is 2. The Morgan fingerprint density at radius 3 is 2.57 bits per heavy atom. The van der Waals surface area contributed by atoms with Gasteiger partial charge >= 0.3 is 0 Å². The number of aromatic nitrogens is 3. The number of nitrogens with zero attached hydrogens (tertiary/aromatic N) is 5. The molecule has 0 saturated heterocycles. The minimum absolute atomic E-state index is 0.0902. The van der Waals surface area contributed by atoms with Crippen LogP contribution < -0.4 is 0 Å². The second kappa shape index (κ2) is 6.50. The molecule has 0 N–H and O–H groups in total. The van der Waals surface area contributed by atoms with Crippen molar-refractivity contribution in [2.75, 3.05) is 27.2 Å². The Morgan fingerprint density at radius 2 is 1.91 bits per heavy atom. The van der Waals surface area contributed by atoms with Gasteiger partial charge in [-0.1, -0.05) is 22.9 Å². The molecule has 0 aliphatic heterocycles. The lowest BCUT2D eigenvalue weighted by atomic mass is 10.2. The van der Waals surface area contributed by atoms with Gasteiger partial charge in [0.05, 0.1) is 11.9 Å². The van der Waals surface area contributed by atoms with Crippen molar-refractivity contribution in [2.45, 2.75) is 25.8 Å². The molecule has 1 amide bonds. The summed E-state index contributed by atoms with van der Waals surface area (Å²) in [6, 6.07) is 8.66. The van der Waals surface area contributed by atoms with E-state index in [2.05, 4.69) is 22.3 Å². The summed E-state index contributed by atoms with van der Waals surface area (Å²) in [6.45, 7) is 3.62. The van der Waals surface area contributed by atoms with Crippen molar-refractivity contribution in [3.05, 3.63) is 41.7 Å². The largest absolute Gasteiger partial charge is 0.339 e. The van der Waals surface area contributed by atoms with Crippen molar-refractivity contribution < 1.29 is 4.79 Å². The molecule has 0 spiro atoms. The van der Waals surface area contributed by atoms with E-state index in [1.807, 2.05) is 38.2 Å². The summed E-state index contributed by atoms with van der Waals surface area (Å²) in [5.41, 5.74) is 2.46. The van der Waals surface area contributed by atoms with Gasteiger partial charge in [-0.25, -0.2) is 4.68 Å². The third-order valence-electron chi connectivity index (χ3n) is 4.32. The molecule has 1 heterocycles. The molecule has 3 rings (SSSR count). The third-order valence-corrected chi connectivity index (χ3v) is 4.32. The molecule has 1 aromatic heterocycles. The third kappa shape index (κ3) is 3.76. The summed E-state index contributed by atoms with van der Waals surface area (Å²) >= 11 is 0. The minimum Gasteiger partial charge on any atom is -0.339 e. The van der Waals surface area contributed by atoms with Crippen molar-refractivity contribution in [1.82, 2.24) is 24.8 Å². The highest BCUT2D eigenvalue weighted by Gasteiger charge is 2.26. The van der Waals surface area contributed by atoms with Gasteiger partial charge in [0.25, 0.3) is 5.91 Å². The molecule has 1 aromatic carbocycles. The molecular weight excluding hydrogens is 290 g/mol. The van der Waals surface area contributed by atoms with E-state index in [0.717, 1.165) is 12.2 Å². The minimum atomic E-state index is -0.0902. The van der Waals surface area contributed by atoms with Crippen LogP contribution in [0.3, 0.4) is 0 Å². The molecule has 2 aromatic rings. The van der Waals surface area contributed by atoms with Gasteiger partial charge in [0.1, 0.15) is 0 Å².